The zero-order valence-corrected chi connectivity index (χ0v) is 12.3. The van der Waals surface area contributed by atoms with Crippen LogP contribution >= 0.6 is 0 Å². The van der Waals surface area contributed by atoms with E-state index in [4.69, 9.17) is 4.74 Å². The van der Waals surface area contributed by atoms with Crippen molar-refractivity contribution in [2.75, 3.05) is 19.0 Å². The van der Waals surface area contributed by atoms with Crippen LogP contribution in [-0.4, -0.2) is 29.3 Å². The van der Waals surface area contributed by atoms with Crippen LogP contribution in [0.5, 0.6) is 5.75 Å². The first kappa shape index (κ1) is 14.6. The van der Waals surface area contributed by atoms with Crippen molar-refractivity contribution in [3.8, 4) is 5.75 Å². The average molecular weight is 274 g/mol. The van der Waals surface area contributed by atoms with Crippen LogP contribution in [0.3, 0.4) is 0 Å². The Bertz CT molecular complexity index is 582. The minimum atomic E-state index is -0.717. The number of fused-ring (bicyclic) bond motifs is 1. The van der Waals surface area contributed by atoms with Crippen LogP contribution < -0.4 is 10.1 Å². The Balaban J connectivity index is 2.22. The second kappa shape index (κ2) is 6.09. The summed E-state index contributed by atoms with van der Waals surface area (Å²) in [5.41, 5.74) is -0.717. The Morgan fingerprint density at radius 2 is 2.15 bits per heavy atom. The lowest BCUT2D eigenvalue weighted by Gasteiger charge is -2.23. The topological polar surface area (TPSA) is 54.4 Å². The molecule has 0 aliphatic rings. The van der Waals surface area contributed by atoms with Gasteiger partial charge in [0.1, 0.15) is 11.6 Å². The Kier molecular flexibility index (Phi) is 4.45. The number of benzene rings is 1. The van der Waals surface area contributed by atoms with Gasteiger partial charge in [-0.2, -0.15) is 0 Å². The summed E-state index contributed by atoms with van der Waals surface area (Å²) >= 11 is 0. The SMILES string of the molecule is CCCC(C)(O)CNc1nccc2cc(OC)ccc12. The normalized spacial score (nSPS) is 14.0. The fourth-order valence-electron chi connectivity index (χ4n) is 2.32. The standard InChI is InChI=1S/C16H22N2O2/c1-4-8-16(2,19)11-18-15-14-6-5-13(20-3)10-12(14)7-9-17-15/h5-7,9-10,19H,4,8,11H2,1-3H3,(H,17,18). The molecule has 4 nitrogen and oxygen atoms in total. The van der Waals surface area contributed by atoms with Gasteiger partial charge in [-0.05, 0) is 43.0 Å². The van der Waals surface area contributed by atoms with E-state index < -0.39 is 5.60 Å². The minimum absolute atomic E-state index is 0.485. The van der Waals surface area contributed by atoms with Gasteiger partial charge in [0.05, 0.1) is 12.7 Å². The average Bonchev–Trinajstić information content (AvgIpc) is 2.44. The van der Waals surface area contributed by atoms with Crippen LogP contribution in [0.25, 0.3) is 10.8 Å². The second-order valence-corrected chi connectivity index (χ2v) is 5.35. The van der Waals surface area contributed by atoms with Crippen molar-refractivity contribution in [3.63, 3.8) is 0 Å². The number of methoxy groups -OCH3 is 1. The lowest BCUT2D eigenvalue weighted by molar-refractivity contribution is 0.0636. The quantitative estimate of drug-likeness (QED) is 0.849. The summed E-state index contributed by atoms with van der Waals surface area (Å²) in [7, 11) is 1.66. The summed E-state index contributed by atoms with van der Waals surface area (Å²) in [4.78, 5) is 4.36. The molecule has 2 rings (SSSR count). The van der Waals surface area contributed by atoms with Crippen LogP contribution in [0.1, 0.15) is 26.7 Å². The maximum Gasteiger partial charge on any atom is 0.133 e. The summed E-state index contributed by atoms with van der Waals surface area (Å²) in [5, 5.41) is 15.6. The van der Waals surface area contributed by atoms with E-state index in [2.05, 4.69) is 17.2 Å². The van der Waals surface area contributed by atoms with Gasteiger partial charge in [0.25, 0.3) is 0 Å². The highest BCUT2D eigenvalue weighted by molar-refractivity contribution is 5.92. The molecular weight excluding hydrogens is 252 g/mol. The largest absolute Gasteiger partial charge is 0.497 e. The summed E-state index contributed by atoms with van der Waals surface area (Å²) in [6.07, 6.45) is 3.48. The number of hydrogen-bond donors (Lipinski definition) is 2. The third-order valence-corrected chi connectivity index (χ3v) is 3.40. The molecule has 2 N–H and O–H groups in total. The molecule has 0 saturated heterocycles. The molecule has 2 aromatic rings. The summed E-state index contributed by atoms with van der Waals surface area (Å²) in [6, 6.07) is 7.83. The van der Waals surface area contributed by atoms with Crippen molar-refractivity contribution in [3.05, 3.63) is 30.5 Å². The Hall–Kier alpha value is -1.81. The molecule has 0 saturated carbocycles. The van der Waals surface area contributed by atoms with Crippen LogP contribution in [-0.2, 0) is 0 Å². The van der Waals surface area contributed by atoms with E-state index in [0.717, 1.165) is 35.2 Å². The molecule has 0 spiro atoms. The van der Waals surface area contributed by atoms with E-state index in [1.807, 2.05) is 31.2 Å². The molecule has 0 amide bonds. The number of pyridine rings is 1. The van der Waals surface area contributed by atoms with Crippen LogP contribution in [0, 0.1) is 0 Å². The molecule has 20 heavy (non-hydrogen) atoms. The first-order valence-electron chi connectivity index (χ1n) is 6.95. The molecule has 0 radical (unpaired) electrons. The second-order valence-electron chi connectivity index (χ2n) is 5.35. The van der Waals surface area contributed by atoms with E-state index >= 15 is 0 Å². The number of hydrogen-bond acceptors (Lipinski definition) is 4. The van der Waals surface area contributed by atoms with Crippen molar-refractivity contribution >= 4 is 16.6 Å². The van der Waals surface area contributed by atoms with Crippen LogP contribution in [0.15, 0.2) is 30.5 Å². The van der Waals surface area contributed by atoms with E-state index in [9.17, 15) is 5.11 Å². The molecule has 1 aromatic carbocycles. The van der Waals surface area contributed by atoms with Gasteiger partial charge >= 0.3 is 0 Å². The van der Waals surface area contributed by atoms with Gasteiger partial charge in [0, 0.05) is 18.1 Å². The first-order chi connectivity index (χ1) is 9.55. The highest BCUT2D eigenvalue weighted by Crippen LogP contribution is 2.25. The van der Waals surface area contributed by atoms with E-state index in [-0.39, 0.29) is 0 Å². The molecule has 1 unspecified atom stereocenters. The molecule has 0 bridgehead atoms. The number of ether oxygens (including phenoxy) is 1. The van der Waals surface area contributed by atoms with E-state index in [0.29, 0.717) is 6.54 Å². The zero-order valence-electron chi connectivity index (χ0n) is 12.3. The number of aliphatic hydroxyl groups is 1. The Morgan fingerprint density at radius 3 is 2.85 bits per heavy atom. The molecule has 0 aliphatic heterocycles. The van der Waals surface area contributed by atoms with Gasteiger partial charge in [-0.15, -0.1) is 0 Å². The van der Waals surface area contributed by atoms with Gasteiger partial charge in [-0.25, -0.2) is 4.98 Å². The Morgan fingerprint density at radius 1 is 1.35 bits per heavy atom. The van der Waals surface area contributed by atoms with E-state index in [1.54, 1.807) is 13.3 Å². The van der Waals surface area contributed by atoms with Gasteiger partial charge < -0.3 is 15.2 Å². The lowest BCUT2D eigenvalue weighted by atomic mass is 10.0. The first-order valence-corrected chi connectivity index (χ1v) is 6.95. The smallest absolute Gasteiger partial charge is 0.133 e. The fraction of sp³-hybridized carbons (Fsp3) is 0.438. The molecule has 108 valence electrons. The minimum Gasteiger partial charge on any atom is -0.497 e. The number of nitrogens with one attached hydrogen (secondary N) is 1. The van der Waals surface area contributed by atoms with Crippen molar-refractivity contribution < 1.29 is 9.84 Å². The van der Waals surface area contributed by atoms with Gasteiger partial charge in [0.2, 0.25) is 0 Å². The van der Waals surface area contributed by atoms with Crippen molar-refractivity contribution in [1.29, 1.82) is 0 Å². The maximum atomic E-state index is 10.2. The van der Waals surface area contributed by atoms with Crippen LogP contribution in [0.4, 0.5) is 5.82 Å². The predicted octanol–water partition coefficient (Wildman–Crippen LogP) is 3.21. The molecule has 0 aliphatic carbocycles. The summed E-state index contributed by atoms with van der Waals surface area (Å²) in [5.74, 6) is 1.62. The number of rotatable bonds is 6. The zero-order chi connectivity index (χ0) is 14.6. The van der Waals surface area contributed by atoms with Gasteiger partial charge in [-0.1, -0.05) is 13.3 Å². The number of anilines is 1. The monoisotopic (exact) mass is 274 g/mol. The highest BCUT2D eigenvalue weighted by atomic mass is 16.5. The molecule has 1 heterocycles. The van der Waals surface area contributed by atoms with Crippen LogP contribution in [0.2, 0.25) is 0 Å². The predicted molar refractivity (Wildman–Crippen MR) is 82.3 cm³/mol. The molecule has 1 atom stereocenters. The number of nitrogens with zero attached hydrogens (tertiary/aromatic N) is 1. The van der Waals surface area contributed by atoms with E-state index in [1.165, 1.54) is 0 Å². The maximum absolute atomic E-state index is 10.2. The molecule has 4 heteroatoms. The van der Waals surface area contributed by atoms with Crippen molar-refractivity contribution in [2.45, 2.75) is 32.3 Å². The van der Waals surface area contributed by atoms with Gasteiger partial charge in [0.15, 0.2) is 0 Å². The van der Waals surface area contributed by atoms with Crippen molar-refractivity contribution in [2.24, 2.45) is 0 Å². The third-order valence-electron chi connectivity index (χ3n) is 3.40. The number of aromatic nitrogens is 1. The molecular formula is C16H22N2O2. The lowest BCUT2D eigenvalue weighted by Crippen LogP contribution is -2.33. The fourth-order valence-corrected chi connectivity index (χ4v) is 2.32. The third kappa shape index (κ3) is 3.39. The Labute approximate surface area is 119 Å². The van der Waals surface area contributed by atoms with Crippen molar-refractivity contribution in [1.82, 2.24) is 4.98 Å². The van der Waals surface area contributed by atoms with Gasteiger partial charge in [-0.3, -0.25) is 0 Å². The summed E-state index contributed by atoms with van der Waals surface area (Å²) in [6.45, 7) is 4.40. The molecule has 0 fully saturated rings. The summed E-state index contributed by atoms with van der Waals surface area (Å²) < 4.78 is 5.23. The highest BCUT2D eigenvalue weighted by Gasteiger charge is 2.19. The molecule has 1 aromatic heterocycles.